The average Bonchev–Trinajstić information content (AvgIpc) is 2.38. The summed E-state index contributed by atoms with van der Waals surface area (Å²) in [6.45, 7) is 0. The fourth-order valence-electron chi connectivity index (χ4n) is 2.17. The summed E-state index contributed by atoms with van der Waals surface area (Å²) in [4.78, 5) is 23.6. The third kappa shape index (κ3) is 1.96. The molecular weight excluding hydrogens is 239 g/mol. The molecule has 18 heavy (non-hydrogen) atoms. The van der Waals surface area contributed by atoms with Crippen molar-refractivity contribution in [2.45, 2.75) is 12.8 Å². The summed E-state index contributed by atoms with van der Waals surface area (Å²) in [7, 11) is 2.58. The van der Waals surface area contributed by atoms with Gasteiger partial charge >= 0.3 is 5.97 Å². The number of ether oxygens (including phenoxy) is 2. The third-order valence-corrected chi connectivity index (χ3v) is 3.15. The van der Waals surface area contributed by atoms with Gasteiger partial charge in [0.15, 0.2) is 17.3 Å². The topological polar surface area (TPSA) is 52.6 Å². The van der Waals surface area contributed by atoms with Crippen LogP contribution < -0.4 is 4.74 Å². The summed E-state index contributed by atoms with van der Waals surface area (Å²) in [6.07, 6.45) is 0.825. The highest BCUT2D eigenvalue weighted by molar-refractivity contribution is 6.10. The van der Waals surface area contributed by atoms with Gasteiger partial charge in [-0.25, -0.2) is 4.39 Å². The van der Waals surface area contributed by atoms with Crippen molar-refractivity contribution < 1.29 is 23.5 Å². The molecule has 96 valence electrons. The van der Waals surface area contributed by atoms with Crippen molar-refractivity contribution >= 4 is 11.8 Å². The van der Waals surface area contributed by atoms with Crippen LogP contribution in [-0.4, -0.2) is 26.0 Å². The molecule has 0 saturated heterocycles. The first-order valence-corrected chi connectivity index (χ1v) is 5.57. The fraction of sp³-hybridized carbons (Fsp3) is 0.385. The number of methoxy groups -OCH3 is 2. The van der Waals surface area contributed by atoms with Crippen LogP contribution in [0.2, 0.25) is 0 Å². The maximum Gasteiger partial charge on any atom is 0.316 e. The molecule has 0 N–H and O–H groups in total. The Morgan fingerprint density at radius 2 is 2.11 bits per heavy atom. The number of rotatable bonds is 2. The quantitative estimate of drug-likeness (QED) is 0.594. The highest BCUT2D eigenvalue weighted by atomic mass is 19.1. The fourth-order valence-corrected chi connectivity index (χ4v) is 2.17. The van der Waals surface area contributed by atoms with Gasteiger partial charge < -0.3 is 9.47 Å². The minimum Gasteiger partial charge on any atom is -0.494 e. The second-order valence-corrected chi connectivity index (χ2v) is 4.12. The molecule has 0 aliphatic heterocycles. The van der Waals surface area contributed by atoms with Gasteiger partial charge in [-0.2, -0.15) is 0 Å². The molecule has 0 bridgehead atoms. The van der Waals surface area contributed by atoms with Crippen LogP contribution in [0.3, 0.4) is 0 Å². The van der Waals surface area contributed by atoms with E-state index in [0.29, 0.717) is 24.0 Å². The van der Waals surface area contributed by atoms with Crippen molar-refractivity contribution in [3.63, 3.8) is 0 Å². The van der Waals surface area contributed by atoms with E-state index < -0.39 is 17.7 Å². The van der Waals surface area contributed by atoms with Gasteiger partial charge in [0.2, 0.25) is 0 Å². The standard InChI is InChI=1S/C13H13FO4/c1-17-11-6-9-7(5-10(11)14)3-4-8(12(9)15)13(16)18-2/h5-6,8H,3-4H2,1-2H3. The maximum absolute atomic E-state index is 13.5. The van der Waals surface area contributed by atoms with Crippen molar-refractivity contribution in [3.05, 3.63) is 29.1 Å². The zero-order valence-corrected chi connectivity index (χ0v) is 10.2. The smallest absolute Gasteiger partial charge is 0.316 e. The summed E-state index contributed by atoms with van der Waals surface area (Å²) in [5, 5.41) is 0. The number of Topliss-reactive ketones (excluding diaryl/α,β-unsaturated/α-hetero) is 1. The van der Waals surface area contributed by atoms with Crippen molar-refractivity contribution in [2.24, 2.45) is 5.92 Å². The predicted octanol–water partition coefficient (Wildman–Crippen LogP) is 1.75. The summed E-state index contributed by atoms with van der Waals surface area (Å²) in [6, 6.07) is 2.64. The van der Waals surface area contributed by atoms with E-state index in [2.05, 4.69) is 4.74 Å². The van der Waals surface area contributed by atoms with Crippen LogP contribution in [0.5, 0.6) is 5.75 Å². The lowest BCUT2D eigenvalue weighted by atomic mass is 9.82. The average molecular weight is 252 g/mol. The first kappa shape index (κ1) is 12.5. The molecule has 1 atom stereocenters. The molecule has 1 aromatic carbocycles. The van der Waals surface area contributed by atoms with Crippen LogP contribution in [0, 0.1) is 11.7 Å². The van der Waals surface area contributed by atoms with Gasteiger partial charge in [-0.1, -0.05) is 0 Å². The van der Waals surface area contributed by atoms with E-state index in [9.17, 15) is 14.0 Å². The molecule has 0 saturated carbocycles. The molecule has 4 nitrogen and oxygen atoms in total. The number of carbonyl (C=O) groups excluding carboxylic acids is 2. The Labute approximate surface area is 104 Å². The minimum absolute atomic E-state index is 0.00705. The van der Waals surface area contributed by atoms with Crippen LogP contribution in [0.1, 0.15) is 22.3 Å². The summed E-state index contributed by atoms with van der Waals surface area (Å²) < 4.78 is 22.9. The molecule has 0 heterocycles. The predicted molar refractivity (Wildman–Crippen MR) is 61.1 cm³/mol. The molecule has 1 aliphatic carbocycles. The van der Waals surface area contributed by atoms with E-state index in [1.807, 2.05) is 0 Å². The molecule has 0 aromatic heterocycles. The third-order valence-electron chi connectivity index (χ3n) is 3.15. The lowest BCUT2D eigenvalue weighted by molar-refractivity contribution is -0.143. The van der Waals surface area contributed by atoms with Crippen molar-refractivity contribution in [2.75, 3.05) is 14.2 Å². The molecule has 0 radical (unpaired) electrons. The SMILES string of the molecule is COC(=O)C1CCc2cc(F)c(OC)cc2C1=O. The van der Waals surface area contributed by atoms with Crippen molar-refractivity contribution in [1.29, 1.82) is 0 Å². The highest BCUT2D eigenvalue weighted by Crippen LogP contribution is 2.31. The Morgan fingerprint density at radius 3 is 2.72 bits per heavy atom. The van der Waals surface area contributed by atoms with E-state index in [0.717, 1.165) is 0 Å². The number of benzene rings is 1. The number of aryl methyl sites for hydroxylation is 1. The van der Waals surface area contributed by atoms with Crippen LogP contribution >= 0.6 is 0 Å². The van der Waals surface area contributed by atoms with Crippen LogP contribution in [0.25, 0.3) is 0 Å². The Hall–Kier alpha value is -1.91. The van der Waals surface area contributed by atoms with E-state index in [1.54, 1.807) is 0 Å². The number of halogens is 1. The summed E-state index contributed by atoms with van der Waals surface area (Å²) in [5.41, 5.74) is 0.952. The number of fused-ring (bicyclic) bond motifs is 1. The monoisotopic (exact) mass is 252 g/mol. The normalized spacial score (nSPS) is 18.2. The minimum atomic E-state index is -0.794. The molecule has 5 heteroatoms. The maximum atomic E-state index is 13.5. The summed E-state index contributed by atoms with van der Waals surface area (Å²) in [5.74, 6) is -2.17. The Balaban J connectivity index is 2.42. The van der Waals surface area contributed by atoms with Crippen molar-refractivity contribution in [1.82, 2.24) is 0 Å². The number of hydrogen-bond acceptors (Lipinski definition) is 4. The Bertz CT molecular complexity index is 510. The first-order chi connectivity index (χ1) is 8.58. The molecule has 1 aliphatic rings. The Kier molecular flexibility index (Phi) is 3.32. The van der Waals surface area contributed by atoms with Gasteiger partial charge in [0, 0.05) is 5.56 Å². The molecule has 0 fully saturated rings. The number of esters is 1. The van der Waals surface area contributed by atoms with Gasteiger partial charge in [0.05, 0.1) is 14.2 Å². The van der Waals surface area contributed by atoms with Gasteiger partial charge in [0.25, 0.3) is 0 Å². The second kappa shape index (κ2) is 4.76. The number of hydrogen-bond donors (Lipinski definition) is 0. The van der Waals surface area contributed by atoms with Crippen molar-refractivity contribution in [3.8, 4) is 5.75 Å². The van der Waals surface area contributed by atoms with Crippen LogP contribution in [0.4, 0.5) is 4.39 Å². The molecule has 0 amide bonds. The van der Waals surface area contributed by atoms with Gasteiger partial charge in [-0.05, 0) is 30.5 Å². The number of carbonyl (C=O) groups is 2. The van der Waals surface area contributed by atoms with Gasteiger partial charge in [-0.15, -0.1) is 0 Å². The largest absolute Gasteiger partial charge is 0.494 e. The lowest BCUT2D eigenvalue weighted by Gasteiger charge is -2.22. The first-order valence-electron chi connectivity index (χ1n) is 5.57. The van der Waals surface area contributed by atoms with Crippen LogP contribution in [-0.2, 0) is 16.0 Å². The Morgan fingerprint density at radius 1 is 1.39 bits per heavy atom. The summed E-state index contributed by atoms with van der Waals surface area (Å²) >= 11 is 0. The van der Waals surface area contributed by atoms with Gasteiger partial charge in [0.1, 0.15) is 5.92 Å². The van der Waals surface area contributed by atoms with E-state index in [-0.39, 0.29) is 11.5 Å². The second-order valence-electron chi connectivity index (χ2n) is 4.12. The van der Waals surface area contributed by atoms with Gasteiger partial charge in [-0.3, -0.25) is 9.59 Å². The number of ketones is 1. The van der Waals surface area contributed by atoms with E-state index in [1.165, 1.54) is 26.4 Å². The van der Waals surface area contributed by atoms with E-state index in [4.69, 9.17) is 4.74 Å². The zero-order valence-electron chi connectivity index (χ0n) is 10.2. The molecule has 2 rings (SSSR count). The zero-order chi connectivity index (χ0) is 13.3. The van der Waals surface area contributed by atoms with E-state index >= 15 is 0 Å². The molecule has 1 aromatic rings. The molecule has 1 unspecified atom stereocenters. The molecule has 0 spiro atoms. The van der Waals surface area contributed by atoms with Crippen LogP contribution in [0.15, 0.2) is 12.1 Å². The lowest BCUT2D eigenvalue weighted by Crippen LogP contribution is -2.30. The molecular formula is C13H13FO4. The highest BCUT2D eigenvalue weighted by Gasteiger charge is 2.34.